The summed E-state index contributed by atoms with van der Waals surface area (Å²) < 4.78 is 5.32. The lowest BCUT2D eigenvalue weighted by Crippen LogP contribution is -2.56. The predicted octanol–water partition coefficient (Wildman–Crippen LogP) is 0.815. The summed E-state index contributed by atoms with van der Waals surface area (Å²) in [6.07, 6.45) is -0.341. The van der Waals surface area contributed by atoms with Gasteiger partial charge < -0.3 is 20.3 Å². The van der Waals surface area contributed by atoms with E-state index in [0.29, 0.717) is 19.6 Å². The third-order valence-electron chi connectivity index (χ3n) is 3.59. The molecular weight excluding hydrogens is 270 g/mol. The highest BCUT2D eigenvalue weighted by Crippen LogP contribution is 2.12. The second-order valence-electron chi connectivity index (χ2n) is 5.13. The number of rotatable bonds is 3. The van der Waals surface area contributed by atoms with Crippen molar-refractivity contribution in [2.24, 2.45) is 5.73 Å². The summed E-state index contributed by atoms with van der Waals surface area (Å²) in [5, 5.41) is 0. The quantitative estimate of drug-likeness (QED) is 0.894. The molecule has 21 heavy (non-hydrogen) atoms. The van der Waals surface area contributed by atoms with E-state index < -0.39 is 0 Å². The molecule has 0 aliphatic carbocycles. The summed E-state index contributed by atoms with van der Waals surface area (Å²) in [7, 11) is 0. The van der Waals surface area contributed by atoms with Crippen molar-refractivity contribution in [2.45, 2.75) is 19.6 Å². The molecule has 114 valence electrons. The molecule has 1 aliphatic rings. The lowest BCUT2D eigenvalue weighted by Gasteiger charge is -2.39. The Balaban J connectivity index is 1.85. The summed E-state index contributed by atoms with van der Waals surface area (Å²) in [5.41, 5.74) is 6.31. The van der Waals surface area contributed by atoms with E-state index in [1.54, 1.807) is 9.80 Å². The summed E-state index contributed by atoms with van der Waals surface area (Å²) in [4.78, 5) is 27.0. The van der Waals surface area contributed by atoms with Crippen LogP contribution < -0.4 is 5.73 Å². The van der Waals surface area contributed by atoms with E-state index in [2.05, 4.69) is 0 Å². The van der Waals surface area contributed by atoms with Crippen LogP contribution in [0.15, 0.2) is 30.3 Å². The van der Waals surface area contributed by atoms with Gasteiger partial charge in [0.1, 0.15) is 6.61 Å². The van der Waals surface area contributed by atoms with Crippen molar-refractivity contribution in [3.8, 4) is 0 Å². The molecule has 1 heterocycles. The fraction of sp³-hybridized carbons (Fsp3) is 0.467. The average Bonchev–Trinajstić information content (AvgIpc) is 2.52. The average molecular weight is 291 g/mol. The van der Waals surface area contributed by atoms with E-state index in [0.717, 1.165) is 5.56 Å². The van der Waals surface area contributed by atoms with Crippen LogP contribution in [0, 0.1) is 0 Å². The fourth-order valence-corrected chi connectivity index (χ4v) is 2.39. The Labute approximate surface area is 124 Å². The molecule has 1 aromatic carbocycles. The number of carbonyl (C=O) groups is 2. The summed E-state index contributed by atoms with van der Waals surface area (Å²) in [6, 6.07) is 9.48. The number of nitrogens with two attached hydrogens (primary N) is 1. The van der Waals surface area contributed by atoms with Gasteiger partial charge >= 0.3 is 6.09 Å². The Morgan fingerprint density at radius 3 is 2.62 bits per heavy atom. The largest absolute Gasteiger partial charge is 0.445 e. The van der Waals surface area contributed by atoms with Gasteiger partial charge in [-0.05, 0) is 12.5 Å². The van der Waals surface area contributed by atoms with Gasteiger partial charge in [0.15, 0.2) is 0 Å². The van der Waals surface area contributed by atoms with E-state index in [9.17, 15) is 9.59 Å². The van der Waals surface area contributed by atoms with Crippen LogP contribution in [0.2, 0.25) is 0 Å². The Kier molecular flexibility index (Phi) is 5.16. The minimum Gasteiger partial charge on any atom is -0.445 e. The Hall–Kier alpha value is -2.08. The molecule has 1 atom stereocenters. The maximum absolute atomic E-state index is 12.1. The molecule has 1 saturated heterocycles. The molecule has 6 nitrogen and oxygen atoms in total. The van der Waals surface area contributed by atoms with E-state index >= 15 is 0 Å². The van der Waals surface area contributed by atoms with Gasteiger partial charge in [0.2, 0.25) is 5.91 Å². The van der Waals surface area contributed by atoms with Crippen molar-refractivity contribution >= 4 is 12.0 Å². The third-order valence-corrected chi connectivity index (χ3v) is 3.59. The van der Waals surface area contributed by atoms with Gasteiger partial charge in [0.25, 0.3) is 0 Å². The van der Waals surface area contributed by atoms with Gasteiger partial charge in [-0.2, -0.15) is 0 Å². The van der Waals surface area contributed by atoms with Gasteiger partial charge in [0, 0.05) is 25.7 Å². The van der Waals surface area contributed by atoms with E-state index in [1.807, 2.05) is 37.3 Å². The second-order valence-corrected chi connectivity index (χ2v) is 5.13. The molecule has 2 N–H and O–H groups in total. The normalized spacial score (nSPS) is 18.5. The van der Waals surface area contributed by atoms with Crippen molar-refractivity contribution in [3.05, 3.63) is 35.9 Å². The lowest BCUT2D eigenvalue weighted by atomic mass is 10.2. The van der Waals surface area contributed by atoms with Crippen LogP contribution in [0.5, 0.6) is 0 Å². The number of hydrogen-bond donors (Lipinski definition) is 1. The van der Waals surface area contributed by atoms with Crippen LogP contribution in [0.3, 0.4) is 0 Å². The minimum absolute atomic E-state index is 0.00513. The number of nitrogens with zero attached hydrogens (tertiary/aromatic N) is 2. The second kappa shape index (κ2) is 7.08. The Bertz CT molecular complexity index is 492. The number of benzene rings is 1. The molecule has 2 amide bonds. The SMILES string of the molecule is CC1CN(C(=O)CN)CCN1C(=O)OCc1ccccc1. The molecule has 6 heteroatoms. The number of amides is 2. The molecule has 0 saturated carbocycles. The molecule has 0 aromatic heterocycles. The van der Waals surface area contributed by atoms with Crippen LogP contribution in [0.25, 0.3) is 0 Å². The first-order chi connectivity index (χ1) is 10.1. The van der Waals surface area contributed by atoms with E-state index in [1.165, 1.54) is 0 Å². The van der Waals surface area contributed by atoms with Crippen molar-refractivity contribution in [2.75, 3.05) is 26.2 Å². The highest BCUT2D eigenvalue weighted by molar-refractivity contribution is 5.78. The first-order valence-electron chi connectivity index (χ1n) is 7.07. The maximum Gasteiger partial charge on any atom is 0.410 e. The molecule has 1 aromatic rings. The number of hydrogen-bond acceptors (Lipinski definition) is 4. The zero-order chi connectivity index (χ0) is 15.2. The van der Waals surface area contributed by atoms with Gasteiger partial charge in [-0.25, -0.2) is 4.79 Å². The van der Waals surface area contributed by atoms with Crippen LogP contribution >= 0.6 is 0 Å². The lowest BCUT2D eigenvalue weighted by molar-refractivity contribution is -0.132. The zero-order valence-corrected chi connectivity index (χ0v) is 12.2. The van der Waals surface area contributed by atoms with Crippen molar-refractivity contribution in [1.29, 1.82) is 0 Å². The minimum atomic E-state index is -0.341. The molecule has 0 bridgehead atoms. The molecule has 0 radical (unpaired) electrons. The highest BCUT2D eigenvalue weighted by atomic mass is 16.6. The van der Waals surface area contributed by atoms with Gasteiger partial charge in [-0.1, -0.05) is 30.3 Å². The fourth-order valence-electron chi connectivity index (χ4n) is 2.39. The summed E-state index contributed by atoms with van der Waals surface area (Å²) >= 11 is 0. The van der Waals surface area contributed by atoms with Crippen LogP contribution in [0.4, 0.5) is 4.79 Å². The number of piperazine rings is 1. The first kappa shape index (κ1) is 15.3. The van der Waals surface area contributed by atoms with Crippen molar-refractivity contribution in [1.82, 2.24) is 9.80 Å². The molecule has 1 aliphatic heterocycles. The van der Waals surface area contributed by atoms with Crippen LogP contribution in [0.1, 0.15) is 12.5 Å². The van der Waals surface area contributed by atoms with E-state index in [-0.39, 0.29) is 31.2 Å². The van der Waals surface area contributed by atoms with Crippen LogP contribution in [-0.2, 0) is 16.1 Å². The first-order valence-corrected chi connectivity index (χ1v) is 7.07. The molecule has 2 rings (SSSR count). The Morgan fingerprint density at radius 1 is 1.29 bits per heavy atom. The molecular formula is C15H21N3O3. The van der Waals surface area contributed by atoms with Crippen LogP contribution in [-0.4, -0.2) is 54.0 Å². The van der Waals surface area contributed by atoms with Crippen molar-refractivity contribution < 1.29 is 14.3 Å². The summed E-state index contributed by atoms with van der Waals surface area (Å²) in [6.45, 7) is 3.64. The Morgan fingerprint density at radius 2 is 2.00 bits per heavy atom. The maximum atomic E-state index is 12.1. The third kappa shape index (κ3) is 3.95. The van der Waals surface area contributed by atoms with Crippen molar-refractivity contribution in [3.63, 3.8) is 0 Å². The predicted molar refractivity (Wildman–Crippen MR) is 78.4 cm³/mol. The molecule has 1 fully saturated rings. The smallest absolute Gasteiger partial charge is 0.410 e. The van der Waals surface area contributed by atoms with Gasteiger partial charge in [-0.3, -0.25) is 4.79 Å². The van der Waals surface area contributed by atoms with Gasteiger partial charge in [0.05, 0.1) is 6.54 Å². The zero-order valence-electron chi connectivity index (χ0n) is 12.2. The monoisotopic (exact) mass is 291 g/mol. The number of carbonyl (C=O) groups excluding carboxylic acids is 2. The highest BCUT2D eigenvalue weighted by Gasteiger charge is 2.30. The van der Waals surface area contributed by atoms with Gasteiger partial charge in [-0.15, -0.1) is 0 Å². The number of ether oxygens (including phenoxy) is 1. The molecule has 1 unspecified atom stereocenters. The molecule has 0 spiro atoms. The summed E-state index contributed by atoms with van der Waals surface area (Å²) in [5.74, 6) is -0.0841. The van der Waals surface area contributed by atoms with E-state index in [4.69, 9.17) is 10.5 Å². The standard InChI is InChI=1S/C15H21N3O3/c1-12-10-17(14(19)9-16)7-8-18(12)15(20)21-11-13-5-3-2-4-6-13/h2-6,12H,7-11,16H2,1H3. The topological polar surface area (TPSA) is 75.9 Å².